The van der Waals surface area contributed by atoms with Gasteiger partial charge in [-0.25, -0.2) is 13.6 Å². The van der Waals surface area contributed by atoms with E-state index in [1.54, 1.807) is 23.9 Å². The Morgan fingerprint density at radius 3 is 2.24 bits per heavy atom. The molecule has 1 atom stereocenters. The van der Waals surface area contributed by atoms with Crippen LogP contribution in [0.25, 0.3) is 0 Å². The Labute approximate surface area is 130 Å². The summed E-state index contributed by atoms with van der Waals surface area (Å²) in [5.74, 6) is 0.348. The number of rotatable bonds is 5. The van der Waals surface area contributed by atoms with Crippen molar-refractivity contribution in [3.05, 3.63) is 29.8 Å². The molecule has 1 unspecified atom stereocenters. The molecule has 0 radical (unpaired) electrons. The van der Waals surface area contributed by atoms with Crippen molar-refractivity contribution in [3.63, 3.8) is 0 Å². The Bertz CT molecular complexity index is 590. The van der Waals surface area contributed by atoms with Gasteiger partial charge in [0.2, 0.25) is 15.9 Å². The summed E-state index contributed by atoms with van der Waals surface area (Å²) in [7, 11) is -3.68. The van der Waals surface area contributed by atoms with E-state index in [2.05, 4.69) is 26.1 Å². The molecular weight excluding hydrogens is 308 g/mol. The van der Waals surface area contributed by atoms with Crippen LogP contribution in [0.4, 0.5) is 0 Å². The van der Waals surface area contributed by atoms with Crippen molar-refractivity contribution < 1.29 is 13.2 Å². The Balaban J connectivity index is 2.64. The van der Waals surface area contributed by atoms with Crippen molar-refractivity contribution in [1.82, 2.24) is 5.32 Å². The zero-order valence-electron chi connectivity index (χ0n) is 12.7. The maximum Gasteiger partial charge on any atom is 0.238 e. The molecule has 0 saturated carbocycles. The summed E-state index contributed by atoms with van der Waals surface area (Å²) in [5, 5.41) is 7.93. The standard InChI is InChI=1S/C14H22N2O3S2/c1-10(16-13(17)9-20-14(2,3)4)11-5-7-12(8-6-11)21(15,18)19/h5-8,10H,9H2,1-4H3,(H,16,17)(H2,15,18,19). The van der Waals surface area contributed by atoms with Crippen LogP contribution in [-0.4, -0.2) is 24.8 Å². The minimum absolute atomic E-state index is 0.0394. The number of amides is 1. The number of sulfonamides is 1. The molecule has 21 heavy (non-hydrogen) atoms. The summed E-state index contributed by atoms with van der Waals surface area (Å²) in [6.45, 7) is 8.02. The number of thioether (sulfide) groups is 1. The van der Waals surface area contributed by atoms with Gasteiger partial charge in [0.1, 0.15) is 0 Å². The Morgan fingerprint density at radius 2 is 1.81 bits per heavy atom. The third-order valence-electron chi connectivity index (χ3n) is 2.72. The van der Waals surface area contributed by atoms with E-state index in [9.17, 15) is 13.2 Å². The minimum Gasteiger partial charge on any atom is -0.349 e. The molecule has 0 fully saturated rings. The maximum absolute atomic E-state index is 11.9. The molecule has 0 spiro atoms. The van der Waals surface area contributed by atoms with E-state index in [1.807, 2.05) is 6.92 Å². The summed E-state index contributed by atoms with van der Waals surface area (Å²) in [5.41, 5.74) is 0.830. The highest BCUT2D eigenvalue weighted by atomic mass is 32.2. The number of carbonyl (C=O) groups excluding carboxylic acids is 1. The maximum atomic E-state index is 11.9. The van der Waals surface area contributed by atoms with Gasteiger partial charge < -0.3 is 5.32 Å². The smallest absolute Gasteiger partial charge is 0.238 e. The highest BCUT2D eigenvalue weighted by Gasteiger charge is 2.16. The molecule has 0 aliphatic heterocycles. The van der Waals surface area contributed by atoms with E-state index < -0.39 is 10.0 Å². The molecule has 118 valence electrons. The molecule has 1 aromatic rings. The molecule has 0 aromatic heterocycles. The first kappa shape index (κ1) is 18.0. The van der Waals surface area contributed by atoms with E-state index in [0.29, 0.717) is 5.75 Å². The normalized spacial score (nSPS) is 13.8. The topological polar surface area (TPSA) is 89.3 Å². The average Bonchev–Trinajstić information content (AvgIpc) is 2.34. The first-order chi connectivity index (χ1) is 9.49. The van der Waals surface area contributed by atoms with Crippen molar-refractivity contribution in [2.75, 3.05) is 5.75 Å². The van der Waals surface area contributed by atoms with Crippen LogP contribution in [-0.2, 0) is 14.8 Å². The van der Waals surface area contributed by atoms with E-state index in [0.717, 1.165) is 5.56 Å². The zero-order chi connectivity index (χ0) is 16.3. The highest BCUT2D eigenvalue weighted by Crippen LogP contribution is 2.23. The molecule has 1 aromatic carbocycles. The summed E-state index contributed by atoms with van der Waals surface area (Å²) < 4.78 is 22.4. The van der Waals surface area contributed by atoms with E-state index >= 15 is 0 Å². The second-order valence-electron chi connectivity index (χ2n) is 5.80. The Kier molecular flexibility index (Phi) is 5.83. The lowest BCUT2D eigenvalue weighted by Gasteiger charge is -2.19. The fourth-order valence-corrected chi connectivity index (χ4v) is 2.76. The number of benzene rings is 1. The van der Waals surface area contributed by atoms with Crippen molar-refractivity contribution >= 4 is 27.7 Å². The number of hydrogen-bond donors (Lipinski definition) is 2. The predicted octanol–water partition coefficient (Wildman–Crippen LogP) is 2.04. The van der Waals surface area contributed by atoms with E-state index in [-0.39, 0.29) is 21.6 Å². The Morgan fingerprint density at radius 1 is 1.29 bits per heavy atom. The van der Waals surface area contributed by atoms with Gasteiger partial charge in [0.25, 0.3) is 0 Å². The predicted molar refractivity (Wildman–Crippen MR) is 86.6 cm³/mol. The first-order valence-electron chi connectivity index (χ1n) is 6.55. The molecular formula is C14H22N2O3S2. The lowest BCUT2D eigenvalue weighted by atomic mass is 10.1. The molecule has 0 heterocycles. The number of nitrogens with one attached hydrogen (secondary N) is 1. The second kappa shape index (κ2) is 6.81. The first-order valence-corrected chi connectivity index (χ1v) is 9.08. The van der Waals surface area contributed by atoms with Crippen molar-refractivity contribution in [2.45, 2.75) is 43.4 Å². The quantitative estimate of drug-likeness (QED) is 0.864. The van der Waals surface area contributed by atoms with Crippen molar-refractivity contribution in [3.8, 4) is 0 Å². The van der Waals surface area contributed by atoms with Crippen LogP contribution in [0, 0.1) is 0 Å². The molecule has 0 saturated heterocycles. The zero-order valence-corrected chi connectivity index (χ0v) is 14.3. The minimum atomic E-state index is -3.68. The number of primary sulfonamides is 1. The molecule has 0 bridgehead atoms. The Hall–Kier alpha value is -1.05. The van der Waals surface area contributed by atoms with E-state index in [1.165, 1.54) is 12.1 Å². The summed E-state index contributed by atoms with van der Waals surface area (Å²) in [6, 6.07) is 6.00. The lowest BCUT2D eigenvalue weighted by molar-refractivity contribution is -0.119. The van der Waals surface area contributed by atoms with Gasteiger partial charge in [-0.2, -0.15) is 0 Å². The number of hydrogen-bond acceptors (Lipinski definition) is 4. The van der Waals surface area contributed by atoms with Gasteiger partial charge in [-0.1, -0.05) is 32.9 Å². The van der Waals surface area contributed by atoms with Gasteiger partial charge in [-0.15, -0.1) is 11.8 Å². The van der Waals surface area contributed by atoms with Gasteiger partial charge in [0.05, 0.1) is 16.7 Å². The van der Waals surface area contributed by atoms with Crippen LogP contribution in [0.5, 0.6) is 0 Å². The fraction of sp³-hybridized carbons (Fsp3) is 0.500. The third-order valence-corrected chi connectivity index (χ3v) is 4.92. The van der Waals surface area contributed by atoms with Gasteiger partial charge in [-0.3, -0.25) is 4.79 Å². The van der Waals surface area contributed by atoms with Gasteiger partial charge in [0, 0.05) is 4.75 Å². The lowest BCUT2D eigenvalue weighted by Crippen LogP contribution is -2.29. The molecule has 1 amide bonds. The van der Waals surface area contributed by atoms with Gasteiger partial charge >= 0.3 is 0 Å². The molecule has 1 rings (SSSR count). The summed E-state index contributed by atoms with van der Waals surface area (Å²) >= 11 is 1.58. The number of nitrogens with two attached hydrogens (primary N) is 1. The molecule has 7 heteroatoms. The van der Waals surface area contributed by atoms with Crippen LogP contribution in [0.3, 0.4) is 0 Å². The van der Waals surface area contributed by atoms with Crippen LogP contribution in [0.2, 0.25) is 0 Å². The van der Waals surface area contributed by atoms with E-state index in [4.69, 9.17) is 5.14 Å². The second-order valence-corrected chi connectivity index (χ2v) is 9.17. The molecule has 0 aliphatic rings. The molecule has 3 N–H and O–H groups in total. The molecule has 0 aliphatic carbocycles. The summed E-state index contributed by atoms with van der Waals surface area (Å²) in [4.78, 5) is 11.9. The SMILES string of the molecule is CC(NC(=O)CSC(C)(C)C)c1ccc(S(N)(=O)=O)cc1. The largest absolute Gasteiger partial charge is 0.349 e. The third kappa shape index (κ3) is 6.50. The number of carbonyl (C=O) groups is 1. The van der Waals surface area contributed by atoms with Gasteiger partial charge in [0.15, 0.2) is 0 Å². The van der Waals surface area contributed by atoms with Crippen LogP contribution < -0.4 is 10.5 Å². The average molecular weight is 330 g/mol. The van der Waals surface area contributed by atoms with Crippen LogP contribution in [0.15, 0.2) is 29.2 Å². The highest BCUT2D eigenvalue weighted by molar-refractivity contribution is 8.01. The van der Waals surface area contributed by atoms with Gasteiger partial charge in [-0.05, 0) is 24.6 Å². The summed E-state index contributed by atoms with van der Waals surface area (Å²) in [6.07, 6.45) is 0. The van der Waals surface area contributed by atoms with Crippen LogP contribution >= 0.6 is 11.8 Å². The molecule has 5 nitrogen and oxygen atoms in total. The fourth-order valence-electron chi connectivity index (χ4n) is 1.59. The monoisotopic (exact) mass is 330 g/mol. The van der Waals surface area contributed by atoms with Crippen molar-refractivity contribution in [2.24, 2.45) is 5.14 Å². The van der Waals surface area contributed by atoms with Crippen LogP contribution in [0.1, 0.15) is 39.3 Å². The van der Waals surface area contributed by atoms with Crippen molar-refractivity contribution in [1.29, 1.82) is 0 Å².